The van der Waals surface area contributed by atoms with E-state index in [9.17, 15) is 9.18 Å². The molecular weight excluding hydrogens is 413 g/mol. The van der Waals surface area contributed by atoms with Crippen LogP contribution in [0.25, 0.3) is 4.96 Å². The Bertz CT molecular complexity index is 996. The van der Waals surface area contributed by atoms with Crippen LogP contribution in [0, 0.1) is 11.7 Å². The number of nitrogens with zero attached hydrogens (tertiary/aromatic N) is 4. The molecule has 0 aliphatic carbocycles. The fourth-order valence-electron chi connectivity index (χ4n) is 2.60. The Morgan fingerprint density at radius 2 is 2.10 bits per heavy atom. The highest BCUT2D eigenvalue weighted by atomic mass is 32.2. The van der Waals surface area contributed by atoms with Gasteiger partial charge in [0.25, 0.3) is 0 Å². The van der Waals surface area contributed by atoms with Crippen LogP contribution in [0.3, 0.4) is 0 Å². The molecule has 1 atom stereocenters. The molecule has 0 aliphatic rings. The van der Waals surface area contributed by atoms with Gasteiger partial charge in [0.05, 0.1) is 6.04 Å². The van der Waals surface area contributed by atoms with Crippen molar-refractivity contribution in [1.29, 1.82) is 0 Å². The lowest BCUT2D eigenvalue weighted by Gasteiger charge is -2.24. The summed E-state index contributed by atoms with van der Waals surface area (Å²) < 4.78 is 21.2. The molecule has 0 radical (unpaired) electrons. The third-order valence-corrected chi connectivity index (χ3v) is 5.97. The standard InChI is InChI=1S/C19H24FN5O2S2/c1-11(2)14(21-17(26)27-19(3,4)5)15-22-23-16-25(15)24-18(29-16)28-10-12-7-6-8-13(20)9-12/h6-9,11,14H,10H2,1-5H3,(H,21,26). The predicted octanol–water partition coefficient (Wildman–Crippen LogP) is 4.84. The van der Waals surface area contributed by atoms with Gasteiger partial charge in [-0.1, -0.05) is 49.1 Å². The van der Waals surface area contributed by atoms with Crippen molar-refractivity contribution < 1.29 is 13.9 Å². The first-order chi connectivity index (χ1) is 13.6. The Kier molecular flexibility index (Phi) is 6.42. The van der Waals surface area contributed by atoms with Crippen LogP contribution in [0.4, 0.5) is 9.18 Å². The minimum atomic E-state index is -0.590. The summed E-state index contributed by atoms with van der Waals surface area (Å²) in [7, 11) is 0. The SMILES string of the molecule is CC(C)C(NC(=O)OC(C)(C)C)c1nnc2sc(SCc3cccc(F)c3)nn12. The Labute approximate surface area is 177 Å². The first-order valence-electron chi connectivity index (χ1n) is 9.21. The molecular formula is C19H24FN5O2S2. The molecule has 1 unspecified atom stereocenters. The molecule has 1 N–H and O–H groups in total. The van der Waals surface area contributed by atoms with Gasteiger partial charge in [-0.05, 0) is 44.4 Å². The van der Waals surface area contributed by atoms with Gasteiger partial charge in [0.2, 0.25) is 4.96 Å². The largest absolute Gasteiger partial charge is 0.444 e. The lowest BCUT2D eigenvalue weighted by molar-refractivity contribution is 0.0486. The minimum absolute atomic E-state index is 0.0556. The van der Waals surface area contributed by atoms with E-state index in [2.05, 4.69) is 20.6 Å². The van der Waals surface area contributed by atoms with Crippen molar-refractivity contribution in [3.05, 3.63) is 41.5 Å². The number of alkyl carbamates (subject to hydrolysis) is 1. The number of ether oxygens (including phenoxy) is 1. The van der Waals surface area contributed by atoms with Gasteiger partial charge < -0.3 is 10.1 Å². The first-order valence-corrected chi connectivity index (χ1v) is 11.0. The van der Waals surface area contributed by atoms with Gasteiger partial charge >= 0.3 is 6.09 Å². The Hall–Kier alpha value is -2.20. The third-order valence-electron chi connectivity index (χ3n) is 3.86. The number of rotatable bonds is 6. The van der Waals surface area contributed by atoms with Crippen molar-refractivity contribution in [1.82, 2.24) is 25.1 Å². The van der Waals surface area contributed by atoms with Crippen molar-refractivity contribution in [3.63, 3.8) is 0 Å². The van der Waals surface area contributed by atoms with Gasteiger partial charge in [0.15, 0.2) is 10.2 Å². The van der Waals surface area contributed by atoms with Crippen molar-refractivity contribution in [2.24, 2.45) is 5.92 Å². The molecule has 2 heterocycles. The van der Waals surface area contributed by atoms with E-state index >= 15 is 0 Å². The van der Waals surface area contributed by atoms with Crippen molar-refractivity contribution in [3.8, 4) is 0 Å². The van der Waals surface area contributed by atoms with Crippen LogP contribution in [0.2, 0.25) is 0 Å². The quantitative estimate of drug-likeness (QED) is 0.556. The van der Waals surface area contributed by atoms with E-state index in [0.29, 0.717) is 16.5 Å². The van der Waals surface area contributed by atoms with Gasteiger partial charge in [-0.2, -0.15) is 4.52 Å². The molecule has 1 amide bonds. The number of amides is 1. The maximum Gasteiger partial charge on any atom is 0.408 e. The van der Waals surface area contributed by atoms with E-state index in [1.807, 2.05) is 40.7 Å². The Morgan fingerprint density at radius 3 is 2.76 bits per heavy atom. The molecule has 1 aromatic carbocycles. The highest BCUT2D eigenvalue weighted by Gasteiger charge is 2.27. The average molecular weight is 438 g/mol. The molecule has 2 aromatic heterocycles. The summed E-state index contributed by atoms with van der Waals surface area (Å²) in [5.41, 5.74) is 0.292. The number of aromatic nitrogens is 4. The fraction of sp³-hybridized carbons (Fsp3) is 0.474. The van der Waals surface area contributed by atoms with Gasteiger partial charge in [-0.3, -0.25) is 0 Å². The van der Waals surface area contributed by atoms with Crippen LogP contribution < -0.4 is 5.32 Å². The maximum atomic E-state index is 13.3. The molecule has 3 rings (SSSR count). The van der Waals surface area contributed by atoms with E-state index in [4.69, 9.17) is 4.74 Å². The molecule has 7 nitrogen and oxygen atoms in total. The van der Waals surface area contributed by atoms with Gasteiger partial charge in [-0.15, -0.1) is 15.3 Å². The van der Waals surface area contributed by atoms with E-state index in [-0.39, 0.29) is 11.7 Å². The first kappa shape index (κ1) is 21.5. The second-order valence-corrected chi connectivity index (χ2v) is 10.1. The zero-order valence-electron chi connectivity index (χ0n) is 17.0. The molecule has 29 heavy (non-hydrogen) atoms. The van der Waals surface area contributed by atoms with E-state index in [1.165, 1.54) is 35.2 Å². The topological polar surface area (TPSA) is 81.4 Å². The number of halogens is 1. The Balaban J connectivity index is 1.77. The molecule has 10 heteroatoms. The molecule has 0 fully saturated rings. The Morgan fingerprint density at radius 1 is 1.34 bits per heavy atom. The maximum absolute atomic E-state index is 13.3. The lowest BCUT2D eigenvalue weighted by Crippen LogP contribution is -2.37. The van der Waals surface area contributed by atoms with Crippen LogP contribution in [0.15, 0.2) is 28.6 Å². The molecule has 156 valence electrons. The number of carbonyl (C=O) groups is 1. The number of carbonyl (C=O) groups excluding carboxylic acids is 1. The average Bonchev–Trinajstić information content (AvgIpc) is 3.16. The number of nitrogens with one attached hydrogen (secondary N) is 1. The fourth-order valence-corrected chi connectivity index (χ4v) is 4.43. The summed E-state index contributed by atoms with van der Waals surface area (Å²) in [5, 5.41) is 15.9. The van der Waals surface area contributed by atoms with Gasteiger partial charge in [0.1, 0.15) is 11.4 Å². The number of hydrogen-bond acceptors (Lipinski definition) is 7. The van der Waals surface area contributed by atoms with Gasteiger partial charge in [-0.25, -0.2) is 9.18 Å². The highest BCUT2D eigenvalue weighted by molar-refractivity contribution is 8.00. The highest BCUT2D eigenvalue weighted by Crippen LogP contribution is 2.30. The van der Waals surface area contributed by atoms with Crippen LogP contribution in [-0.2, 0) is 10.5 Å². The second kappa shape index (κ2) is 8.66. The van der Waals surface area contributed by atoms with Crippen LogP contribution in [-0.4, -0.2) is 31.5 Å². The van der Waals surface area contributed by atoms with Crippen LogP contribution in [0.5, 0.6) is 0 Å². The van der Waals surface area contributed by atoms with Crippen molar-refractivity contribution in [2.75, 3.05) is 0 Å². The van der Waals surface area contributed by atoms with Crippen molar-refractivity contribution >= 4 is 34.2 Å². The number of benzene rings is 1. The number of thioether (sulfide) groups is 1. The summed E-state index contributed by atoms with van der Waals surface area (Å²) in [6.45, 7) is 9.41. The molecule has 0 bridgehead atoms. The smallest absolute Gasteiger partial charge is 0.408 e. The van der Waals surface area contributed by atoms with Gasteiger partial charge in [0, 0.05) is 5.75 Å². The van der Waals surface area contributed by atoms with Crippen LogP contribution in [0.1, 0.15) is 52.0 Å². The van der Waals surface area contributed by atoms with E-state index in [1.54, 1.807) is 10.6 Å². The number of fused-ring (bicyclic) bond motifs is 1. The molecule has 0 spiro atoms. The normalized spacial score (nSPS) is 13.1. The number of hydrogen-bond donors (Lipinski definition) is 1. The summed E-state index contributed by atoms with van der Waals surface area (Å²) in [5.74, 6) is 0.951. The van der Waals surface area contributed by atoms with Crippen LogP contribution >= 0.6 is 23.1 Å². The zero-order chi connectivity index (χ0) is 21.2. The molecule has 0 aliphatic heterocycles. The second-order valence-electron chi connectivity index (χ2n) is 7.91. The molecule has 0 saturated carbocycles. The summed E-state index contributed by atoms with van der Waals surface area (Å²) in [4.78, 5) is 12.9. The molecule has 3 aromatic rings. The summed E-state index contributed by atoms with van der Waals surface area (Å²) in [6.07, 6.45) is -0.510. The predicted molar refractivity (Wildman–Crippen MR) is 112 cm³/mol. The van der Waals surface area contributed by atoms with E-state index in [0.717, 1.165) is 9.90 Å². The third kappa shape index (κ3) is 5.66. The van der Waals surface area contributed by atoms with Crippen molar-refractivity contribution in [2.45, 2.75) is 56.4 Å². The summed E-state index contributed by atoms with van der Waals surface area (Å²) >= 11 is 2.91. The molecule has 0 saturated heterocycles. The zero-order valence-corrected chi connectivity index (χ0v) is 18.6. The lowest BCUT2D eigenvalue weighted by atomic mass is 10.0. The van der Waals surface area contributed by atoms with E-state index < -0.39 is 17.7 Å². The minimum Gasteiger partial charge on any atom is -0.444 e. The monoisotopic (exact) mass is 437 g/mol. The summed E-state index contributed by atoms with van der Waals surface area (Å²) in [6, 6.07) is 6.10.